The molecule has 1 fully saturated rings. The quantitative estimate of drug-likeness (QED) is 0.913. The number of rotatable bonds is 2. The minimum absolute atomic E-state index is 0.114. The molecule has 1 aliphatic heterocycles. The molecule has 0 saturated carbocycles. The lowest BCUT2D eigenvalue weighted by Crippen LogP contribution is -2.45. The zero-order valence-corrected chi connectivity index (χ0v) is 12.6. The fourth-order valence-corrected chi connectivity index (χ4v) is 2.62. The van der Waals surface area contributed by atoms with Crippen molar-refractivity contribution in [2.45, 2.75) is 44.9 Å². The first-order valence-corrected chi connectivity index (χ1v) is 7.29. The number of aromatic nitrogens is 1. The highest BCUT2D eigenvalue weighted by Gasteiger charge is 2.38. The van der Waals surface area contributed by atoms with Crippen LogP contribution in [0.3, 0.4) is 0 Å². The smallest absolute Gasteiger partial charge is 0.334 e. The number of piperidine rings is 1. The summed E-state index contributed by atoms with van der Waals surface area (Å²) in [6, 6.07) is 0.562. The average molecular weight is 315 g/mol. The van der Waals surface area contributed by atoms with E-state index in [1.54, 1.807) is 4.90 Å². The molecule has 0 spiro atoms. The van der Waals surface area contributed by atoms with E-state index < -0.39 is 12.2 Å². The predicted molar refractivity (Wildman–Crippen MR) is 76.1 cm³/mol. The normalized spacial score (nSPS) is 24.2. The second-order valence-corrected chi connectivity index (χ2v) is 5.99. The first kappa shape index (κ1) is 16.7. The van der Waals surface area contributed by atoms with Gasteiger partial charge < -0.3 is 10.6 Å². The molecule has 3 atom stereocenters. The highest BCUT2D eigenvalue weighted by molar-refractivity contribution is 5.92. The standard InChI is InChI=1S/C15H20F3N3O/c1-9-3-4-10(2)21(8-9)14(22)12-6-5-11(7-20-12)13(19)15(16,17)18/h5-7,9-10,13H,3-4,8,19H2,1-2H3/t9-,10+,13-/m1/s1. The Bertz CT molecular complexity index is 530. The van der Waals surface area contributed by atoms with Gasteiger partial charge in [-0.15, -0.1) is 0 Å². The summed E-state index contributed by atoms with van der Waals surface area (Å²) < 4.78 is 37.7. The van der Waals surface area contributed by atoms with Crippen molar-refractivity contribution in [2.75, 3.05) is 6.54 Å². The second kappa shape index (κ2) is 6.24. The van der Waals surface area contributed by atoms with Crippen LogP contribution in [0, 0.1) is 5.92 Å². The number of nitrogens with zero attached hydrogens (tertiary/aromatic N) is 2. The van der Waals surface area contributed by atoms with Gasteiger partial charge in [-0.3, -0.25) is 9.78 Å². The molecule has 0 unspecified atom stereocenters. The van der Waals surface area contributed by atoms with Gasteiger partial charge in [-0.05, 0) is 37.3 Å². The fraction of sp³-hybridized carbons (Fsp3) is 0.600. The largest absolute Gasteiger partial charge is 0.407 e. The zero-order valence-electron chi connectivity index (χ0n) is 12.6. The Hall–Kier alpha value is -1.63. The summed E-state index contributed by atoms with van der Waals surface area (Å²) in [5.74, 6) is 0.171. The number of likely N-dealkylation sites (tertiary alicyclic amines) is 1. The lowest BCUT2D eigenvalue weighted by molar-refractivity contribution is -0.149. The summed E-state index contributed by atoms with van der Waals surface area (Å²) >= 11 is 0. The van der Waals surface area contributed by atoms with E-state index in [1.807, 2.05) is 6.92 Å². The Morgan fingerprint density at radius 2 is 2.05 bits per heavy atom. The number of carbonyl (C=O) groups is 1. The van der Waals surface area contributed by atoms with E-state index in [4.69, 9.17) is 5.73 Å². The van der Waals surface area contributed by atoms with Crippen LogP contribution in [-0.2, 0) is 0 Å². The van der Waals surface area contributed by atoms with Crippen LogP contribution in [0.15, 0.2) is 18.3 Å². The first-order chi connectivity index (χ1) is 10.2. The maximum absolute atomic E-state index is 12.6. The third-order valence-corrected chi connectivity index (χ3v) is 4.10. The van der Waals surface area contributed by atoms with E-state index in [2.05, 4.69) is 11.9 Å². The molecule has 2 heterocycles. The molecule has 1 aromatic rings. The van der Waals surface area contributed by atoms with Crippen molar-refractivity contribution in [2.24, 2.45) is 11.7 Å². The van der Waals surface area contributed by atoms with Crippen molar-refractivity contribution in [1.82, 2.24) is 9.88 Å². The zero-order chi connectivity index (χ0) is 16.5. The number of hydrogen-bond donors (Lipinski definition) is 1. The van der Waals surface area contributed by atoms with Gasteiger partial charge in [0.05, 0.1) is 0 Å². The molecule has 0 aliphatic carbocycles. The molecule has 0 aromatic carbocycles. The van der Waals surface area contributed by atoms with Crippen LogP contribution < -0.4 is 5.73 Å². The van der Waals surface area contributed by atoms with Crippen molar-refractivity contribution >= 4 is 5.91 Å². The first-order valence-electron chi connectivity index (χ1n) is 7.29. The highest BCUT2D eigenvalue weighted by atomic mass is 19.4. The number of pyridine rings is 1. The van der Waals surface area contributed by atoms with Crippen molar-refractivity contribution in [3.63, 3.8) is 0 Å². The van der Waals surface area contributed by atoms with Crippen LogP contribution in [0.1, 0.15) is 48.8 Å². The number of alkyl halides is 3. The molecule has 4 nitrogen and oxygen atoms in total. The second-order valence-electron chi connectivity index (χ2n) is 5.99. The van der Waals surface area contributed by atoms with Crippen molar-refractivity contribution < 1.29 is 18.0 Å². The van der Waals surface area contributed by atoms with Gasteiger partial charge in [-0.25, -0.2) is 0 Å². The Kier molecular flexibility index (Phi) is 4.75. The SMILES string of the molecule is C[C@@H]1CC[C@H](C)N(C(=O)c2ccc([C@@H](N)C(F)(F)F)cn2)C1. The molecule has 7 heteroatoms. The van der Waals surface area contributed by atoms with E-state index in [1.165, 1.54) is 12.1 Å². The summed E-state index contributed by atoms with van der Waals surface area (Å²) in [6.07, 6.45) is -1.50. The van der Waals surface area contributed by atoms with E-state index in [9.17, 15) is 18.0 Å². The molecule has 2 rings (SSSR count). The summed E-state index contributed by atoms with van der Waals surface area (Å²) in [5.41, 5.74) is 5.12. The van der Waals surface area contributed by atoms with E-state index in [-0.39, 0.29) is 23.2 Å². The lowest BCUT2D eigenvalue weighted by Gasteiger charge is -2.36. The maximum atomic E-state index is 12.6. The third-order valence-electron chi connectivity index (χ3n) is 4.10. The number of hydrogen-bond acceptors (Lipinski definition) is 3. The summed E-state index contributed by atoms with van der Waals surface area (Å²) in [7, 11) is 0. The molecule has 122 valence electrons. The minimum atomic E-state index is -4.52. The van der Waals surface area contributed by atoms with Crippen LogP contribution in [0.5, 0.6) is 0 Å². The molecule has 1 amide bonds. The van der Waals surface area contributed by atoms with Crippen LogP contribution in [0.25, 0.3) is 0 Å². The van der Waals surface area contributed by atoms with Gasteiger partial charge in [-0.2, -0.15) is 13.2 Å². The Morgan fingerprint density at radius 3 is 2.59 bits per heavy atom. The topological polar surface area (TPSA) is 59.2 Å². The Labute approximate surface area is 127 Å². The molecule has 1 saturated heterocycles. The van der Waals surface area contributed by atoms with Crippen LogP contribution in [-0.4, -0.2) is 34.6 Å². The summed E-state index contributed by atoms with van der Waals surface area (Å²) in [4.78, 5) is 18.1. The number of amides is 1. The Morgan fingerprint density at radius 1 is 1.36 bits per heavy atom. The highest BCUT2D eigenvalue weighted by Crippen LogP contribution is 2.30. The van der Waals surface area contributed by atoms with Crippen LogP contribution in [0.4, 0.5) is 13.2 Å². The fourth-order valence-electron chi connectivity index (χ4n) is 2.62. The molecule has 22 heavy (non-hydrogen) atoms. The van der Waals surface area contributed by atoms with Gasteiger partial charge in [-0.1, -0.05) is 13.0 Å². The van der Waals surface area contributed by atoms with E-state index >= 15 is 0 Å². The van der Waals surface area contributed by atoms with Gasteiger partial charge in [0.2, 0.25) is 0 Å². The van der Waals surface area contributed by atoms with Gasteiger partial charge in [0.1, 0.15) is 11.7 Å². The number of nitrogens with two attached hydrogens (primary N) is 1. The molecule has 2 N–H and O–H groups in total. The summed E-state index contributed by atoms with van der Waals surface area (Å²) in [5, 5.41) is 0. The Balaban J connectivity index is 2.14. The monoisotopic (exact) mass is 315 g/mol. The molecule has 1 aliphatic rings. The van der Waals surface area contributed by atoms with Crippen molar-refractivity contribution in [3.05, 3.63) is 29.6 Å². The minimum Gasteiger partial charge on any atom is -0.334 e. The van der Waals surface area contributed by atoms with Crippen molar-refractivity contribution in [3.8, 4) is 0 Å². The van der Waals surface area contributed by atoms with Gasteiger partial charge >= 0.3 is 6.18 Å². The molecule has 1 aromatic heterocycles. The molecular formula is C15H20F3N3O. The van der Waals surface area contributed by atoms with E-state index in [0.717, 1.165) is 19.0 Å². The third kappa shape index (κ3) is 3.58. The van der Waals surface area contributed by atoms with E-state index in [0.29, 0.717) is 12.5 Å². The average Bonchev–Trinajstić information content (AvgIpc) is 2.47. The molecule has 0 bridgehead atoms. The van der Waals surface area contributed by atoms with Gasteiger partial charge in [0.25, 0.3) is 5.91 Å². The predicted octanol–water partition coefficient (Wildman–Crippen LogP) is 2.90. The van der Waals surface area contributed by atoms with Crippen molar-refractivity contribution in [1.29, 1.82) is 0 Å². The molecule has 0 radical (unpaired) electrons. The number of carbonyl (C=O) groups excluding carboxylic acids is 1. The van der Waals surface area contributed by atoms with Crippen LogP contribution in [0.2, 0.25) is 0 Å². The number of halogens is 3. The van der Waals surface area contributed by atoms with Crippen LogP contribution >= 0.6 is 0 Å². The summed E-state index contributed by atoms with van der Waals surface area (Å²) in [6.45, 7) is 4.69. The van der Waals surface area contributed by atoms with Gasteiger partial charge in [0, 0.05) is 18.8 Å². The maximum Gasteiger partial charge on any atom is 0.407 e. The molecular weight excluding hydrogens is 295 g/mol. The lowest BCUT2D eigenvalue weighted by atomic mass is 9.94. The van der Waals surface area contributed by atoms with Gasteiger partial charge in [0.15, 0.2) is 0 Å².